The predicted octanol–water partition coefficient (Wildman–Crippen LogP) is 1.34. The molecule has 0 heterocycles. The lowest BCUT2D eigenvalue weighted by Crippen LogP contribution is -2.50. The van der Waals surface area contributed by atoms with Gasteiger partial charge in [0.15, 0.2) is 0 Å². The van der Waals surface area contributed by atoms with Crippen LogP contribution in [0.4, 0.5) is 4.79 Å². The second kappa shape index (κ2) is 5.72. The van der Waals surface area contributed by atoms with Gasteiger partial charge in [-0.3, -0.25) is 0 Å². The number of carboxylic acid groups (broad SMARTS) is 1. The molecule has 1 atom stereocenters. The third-order valence-corrected chi connectivity index (χ3v) is 2.91. The average Bonchev–Trinajstić information content (AvgIpc) is 2.65. The molecule has 1 rings (SSSR count). The number of urea groups is 1. The Bertz CT molecular complexity index is 260. The first kappa shape index (κ1) is 12.8. The van der Waals surface area contributed by atoms with Crippen LogP contribution in [0.2, 0.25) is 0 Å². The van der Waals surface area contributed by atoms with E-state index in [4.69, 9.17) is 5.11 Å². The third-order valence-electron chi connectivity index (χ3n) is 2.91. The lowest BCUT2D eigenvalue weighted by atomic mass is 10.1. The molecule has 1 aliphatic carbocycles. The van der Waals surface area contributed by atoms with Crippen LogP contribution in [0.1, 0.15) is 39.5 Å². The van der Waals surface area contributed by atoms with Crippen LogP contribution in [0, 0.1) is 5.92 Å². The molecule has 0 aliphatic heterocycles. The minimum absolute atomic E-state index is 0.119. The van der Waals surface area contributed by atoms with Gasteiger partial charge in [-0.15, -0.1) is 0 Å². The summed E-state index contributed by atoms with van der Waals surface area (Å²) in [6, 6.07) is -0.976. The molecular formula is C11H20N2O3. The highest BCUT2D eigenvalue weighted by Gasteiger charge is 2.25. The molecule has 0 saturated heterocycles. The van der Waals surface area contributed by atoms with E-state index in [1.165, 1.54) is 0 Å². The Morgan fingerprint density at radius 1 is 1.25 bits per heavy atom. The number of hydrogen-bond donors (Lipinski definition) is 3. The highest BCUT2D eigenvalue weighted by atomic mass is 16.4. The van der Waals surface area contributed by atoms with Crippen LogP contribution >= 0.6 is 0 Å². The van der Waals surface area contributed by atoms with E-state index < -0.39 is 12.0 Å². The second-order valence-corrected chi connectivity index (χ2v) is 4.66. The molecule has 16 heavy (non-hydrogen) atoms. The van der Waals surface area contributed by atoms with E-state index >= 15 is 0 Å². The maximum Gasteiger partial charge on any atom is 0.326 e. The van der Waals surface area contributed by atoms with Crippen LogP contribution in [-0.4, -0.2) is 29.2 Å². The standard InChI is InChI=1S/C11H20N2O3/c1-7(2)9(10(14)15)13-11(16)12-8-5-3-4-6-8/h7-9H,3-6H2,1-2H3,(H,14,15)(H2,12,13,16)/t9-/m0/s1. The molecule has 0 aromatic heterocycles. The molecule has 0 aromatic rings. The van der Waals surface area contributed by atoms with Gasteiger partial charge in [0, 0.05) is 6.04 Å². The summed E-state index contributed by atoms with van der Waals surface area (Å²) in [6.45, 7) is 3.54. The summed E-state index contributed by atoms with van der Waals surface area (Å²) in [6.07, 6.45) is 4.26. The van der Waals surface area contributed by atoms with Crippen LogP contribution in [0.25, 0.3) is 0 Å². The highest BCUT2D eigenvalue weighted by molar-refractivity contribution is 5.82. The summed E-state index contributed by atoms with van der Waals surface area (Å²) in [4.78, 5) is 22.4. The van der Waals surface area contributed by atoms with Gasteiger partial charge in [0.05, 0.1) is 0 Å². The van der Waals surface area contributed by atoms with Crippen molar-refractivity contribution in [2.24, 2.45) is 5.92 Å². The van der Waals surface area contributed by atoms with Crippen molar-refractivity contribution in [3.8, 4) is 0 Å². The molecule has 3 N–H and O–H groups in total. The summed E-state index contributed by atoms with van der Waals surface area (Å²) in [5.41, 5.74) is 0. The van der Waals surface area contributed by atoms with Gasteiger partial charge in [0.2, 0.25) is 0 Å². The van der Waals surface area contributed by atoms with Crippen LogP contribution in [0.15, 0.2) is 0 Å². The molecule has 1 aliphatic rings. The van der Waals surface area contributed by atoms with Gasteiger partial charge >= 0.3 is 12.0 Å². The lowest BCUT2D eigenvalue weighted by molar-refractivity contribution is -0.140. The first-order valence-electron chi connectivity index (χ1n) is 5.80. The second-order valence-electron chi connectivity index (χ2n) is 4.66. The van der Waals surface area contributed by atoms with Gasteiger partial charge in [-0.1, -0.05) is 26.7 Å². The van der Waals surface area contributed by atoms with E-state index in [1.807, 2.05) is 0 Å². The number of carbonyl (C=O) groups is 2. The fourth-order valence-electron chi connectivity index (χ4n) is 1.95. The number of aliphatic carboxylic acids is 1. The molecule has 0 aromatic carbocycles. The summed E-state index contributed by atoms with van der Waals surface area (Å²) in [5.74, 6) is -1.11. The van der Waals surface area contributed by atoms with E-state index in [2.05, 4.69) is 10.6 Å². The summed E-state index contributed by atoms with van der Waals surface area (Å²) in [7, 11) is 0. The molecule has 5 heteroatoms. The Balaban J connectivity index is 2.38. The number of amides is 2. The first-order chi connectivity index (χ1) is 7.50. The Hall–Kier alpha value is -1.26. The summed E-state index contributed by atoms with van der Waals surface area (Å²) >= 11 is 0. The van der Waals surface area contributed by atoms with Crippen molar-refractivity contribution >= 4 is 12.0 Å². The van der Waals surface area contributed by atoms with Crippen molar-refractivity contribution in [3.05, 3.63) is 0 Å². The Kier molecular flexibility index (Phi) is 4.58. The summed E-state index contributed by atoms with van der Waals surface area (Å²) in [5, 5.41) is 14.2. The minimum atomic E-state index is -0.989. The largest absolute Gasteiger partial charge is 0.480 e. The van der Waals surface area contributed by atoms with Crippen molar-refractivity contribution in [1.29, 1.82) is 0 Å². The van der Waals surface area contributed by atoms with E-state index in [1.54, 1.807) is 13.8 Å². The van der Waals surface area contributed by atoms with Crippen molar-refractivity contribution < 1.29 is 14.7 Å². The van der Waals surface area contributed by atoms with Crippen molar-refractivity contribution in [1.82, 2.24) is 10.6 Å². The third kappa shape index (κ3) is 3.72. The zero-order valence-corrected chi connectivity index (χ0v) is 9.82. The number of nitrogens with one attached hydrogen (secondary N) is 2. The number of carbonyl (C=O) groups excluding carboxylic acids is 1. The smallest absolute Gasteiger partial charge is 0.326 e. The van der Waals surface area contributed by atoms with Gasteiger partial charge in [-0.05, 0) is 18.8 Å². The molecule has 92 valence electrons. The van der Waals surface area contributed by atoms with E-state index in [9.17, 15) is 9.59 Å². The minimum Gasteiger partial charge on any atom is -0.480 e. The molecule has 1 fully saturated rings. The molecule has 0 radical (unpaired) electrons. The maximum atomic E-state index is 11.5. The van der Waals surface area contributed by atoms with Gasteiger partial charge in [-0.25, -0.2) is 9.59 Å². The van der Waals surface area contributed by atoms with Gasteiger partial charge in [0.25, 0.3) is 0 Å². The Morgan fingerprint density at radius 2 is 1.81 bits per heavy atom. The van der Waals surface area contributed by atoms with Crippen molar-refractivity contribution in [2.75, 3.05) is 0 Å². The van der Waals surface area contributed by atoms with Crippen LogP contribution < -0.4 is 10.6 Å². The average molecular weight is 228 g/mol. The van der Waals surface area contributed by atoms with Crippen molar-refractivity contribution in [3.63, 3.8) is 0 Å². The Labute approximate surface area is 95.6 Å². The first-order valence-corrected chi connectivity index (χ1v) is 5.80. The van der Waals surface area contributed by atoms with Gasteiger partial charge < -0.3 is 15.7 Å². The highest BCUT2D eigenvalue weighted by Crippen LogP contribution is 2.17. The quantitative estimate of drug-likeness (QED) is 0.679. The van der Waals surface area contributed by atoms with Crippen LogP contribution in [-0.2, 0) is 4.79 Å². The van der Waals surface area contributed by atoms with Gasteiger partial charge in [-0.2, -0.15) is 0 Å². The molecule has 2 amide bonds. The monoisotopic (exact) mass is 228 g/mol. The fourth-order valence-corrected chi connectivity index (χ4v) is 1.95. The normalized spacial score (nSPS) is 18.4. The van der Waals surface area contributed by atoms with E-state index in [0.29, 0.717) is 0 Å². The van der Waals surface area contributed by atoms with Gasteiger partial charge in [0.1, 0.15) is 6.04 Å². The lowest BCUT2D eigenvalue weighted by Gasteiger charge is -2.20. The molecule has 0 spiro atoms. The zero-order chi connectivity index (χ0) is 12.1. The van der Waals surface area contributed by atoms with Crippen LogP contribution in [0.3, 0.4) is 0 Å². The fraction of sp³-hybridized carbons (Fsp3) is 0.818. The van der Waals surface area contributed by atoms with E-state index in [0.717, 1.165) is 25.7 Å². The SMILES string of the molecule is CC(C)[C@H](NC(=O)NC1CCCC1)C(=O)O. The van der Waals surface area contributed by atoms with E-state index in [-0.39, 0.29) is 18.0 Å². The predicted molar refractivity (Wildman–Crippen MR) is 60.2 cm³/mol. The zero-order valence-electron chi connectivity index (χ0n) is 9.82. The number of hydrogen-bond acceptors (Lipinski definition) is 2. The molecule has 5 nitrogen and oxygen atoms in total. The number of carboxylic acids is 1. The Morgan fingerprint density at radius 3 is 2.25 bits per heavy atom. The molecule has 0 unspecified atom stereocenters. The summed E-state index contributed by atoms with van der Waals surface area (Å²) < 4.78 is 0. The topological polar surface area (TPSA) is 78.4 Å². The molecule has 0 bridgehead atoms. The maximum absolute atomic E-state index is 11.5. The van der Waals surface area contributed by atoms with Crippen LogP contribution in [0.5, 0.6) is 0 Å². The molecular weight excluding hydrogens is 208 g/mol. The molecule has 1 saturated carbocycles. The van der Waals surface area contributed by atoms with Crippen molar-refractivity contribution in [2.45, 2.75) is 51.6 Å². The number of rotatable bonds is 4.